The Balaban J connectivity index is 4.05. The van der Waals surface area contributed by atoms with Crippen molar-refractivity contribution in [3.8, 4) is 0 Å². The van der Waals surface area contributed by atoms with Crippen LogP contribution in [0.5, 0.6) is 0 Å². The van der Waals surface area contributed by atoms with Crippen LogP contribution in [-0.2, 0) is 9.05 Å². The zero-order valence-corrected chi connectivity index (χ0v) is 41.7. The van der Waals surface area contributed by atoms with Gasteiger partial charge in [-0.1, -0.05) is 242 Å². The molecule has 0 aromatic heterocycles. The topological polar surface area (TPSA) is 18.5 Å². The molecule has 0 aliphatic rings. The first-order chi connectivity index (χ1) is 28.8. The second-order valence-electron chi connectivity index (χ2n) is 17.5. The largest absolute Gasteiger partial charge is 0.326 e. The lowest BCUT2D eigenvalue weighted by molar-refractivity contribution is 0.251. The highest BCUT2D eigenvalue weighted by Crippen LogP contribution is 2.52. The van der Waals surface area contributed by atoms with Crippen LogP contribution in [0.25, 0.3) is 0 Å². The van der Waals surface area contributed by atoms with Crippen LogP contribution < -0.4 is 0 Å². The number of hydrogen-bond acceptors (Lipinski definition) is 3. The molecule has 2 nitrogen and oxygen atoms in total. The van der Waals surface area contributed by atoms with Gasteiger partial charge in [-0.2, -0.15) is 0 Å². The van der Waals surface area contributed by atoms with Crippen LogP contribution in [0.15, 0.2) is 36.5 Å². The van der Waals surface area contributed by atoms with E-state index >= 15 is 0 Å². The molecule has 344 valence electrons. The maximum atomic E-state index is 6.40. The lowest BCUT2D eigenvalue weighted by Crippen LogP contribution is -1.95. The van der Waals surface area contributed by atoms with Gasteiger partial charge in [-0.25, -0.2) is 0 Å². The SMILES string of the molecule is CCCCCCCCC=CCCCCCCCCOP(OCCCCCCCCC=CCCCCCCCC)SCCCCCCCCC=CCCCCCCCC. The van der Waals surface area contributed by atoms with Crippen LogP contribution in [0.4, 0.5) is 0 Å². The summed E-state index contributed by atoms with van der Waals surface area (Å²) in [5.41, 5.74) is 0. The number of allylic oxidation sites excluding steroid dienone is 6. The minimum atomic E-state index is -0.798. The Kier molecular flexibility index (Phi) is 54.9. The van der Waals surface area contributed by atoms with Gasteiger partial charge in [0.25, 0.3) is 0 Å². The average Bonchev–Trinajstić information content (AvgIpc) is 3.23. The van der Waals surface area contributed by atoms with Gasteiger partial charge < -0.3 is 9.05 Å². The Labute approximate surface area is 372 Å². The highest BCUT2D eigenvalue weighted by molar-refractivity contribution is 8.52. The molecule has 0 aliphatic heterocycles. The number of rotatable bonds is 51. The van der Waals surface area contributed by atoms with Gasteiger partial charge in [-0.15, -0.1) is 0 Å². The molecular formula is C54H105O2PS. The van der Waals surface area contributed by atoms with Crippen LogP contribution in [0.1, 0.15) is 290 Å². The van der Waals surface area contributed by atoms with Crippen molar-refractivity contribution in [2.24, 2.45) is 0 Å². The standard InChI is InChI=1S/C54H105O2PS/c1-4-7-10-13-16-19-22-25-28-31-34-37-40-43-46-49-52-55-57(56-53-50-47-44-41-38-35-32-29-26-23-20-17-14-11-8-5-2)58-54-51-48-45-42-39-36-33-30-27-24-21-18-15-12-9-6-3/h25-30H,4-24,31-54H2,1-3H3. The maximum absolute atomic E-state index is 6.40. The second-order valence-corrected chi connectivity index (χ2v) is 20.8. The Morgan fingerprint density at radius 1 is 0.276 bits per heavy atom. The molecule has 0 spiro atoms. The van der Waals surface area contributed by atoms with Crippen molar-refractivity contribution in [1.29, 1.82) is 0 Å². The van der Waals surface area contributed by atoms with Crippen molar-refractivity contribution >= 4 is 19.0 Å². The molecule has 58 heavy (non-hydrogen) atoms. The molecule has 4 heteroatoms. The Morgan fingerprint density at radius 3 is 0.776 bits per heavy atom. The zero-order chi connectivity index (χ0) is 41.8. The molecule has 0 radical (unpaired) electrons. The average molecular weight is 849 g/mol. The van der Waals surface area contributed by atoms with Crippen molar-refractivity contribution in [1.82, 2.24) is 0 Å². The summed E-state index contributed by atoms with van der Waals surface area (Å²) in [4.78, 5) is 0. The smallest absolute Gasteiger partial charge is 0.238 e. The molecule has 0 fully saturated rings. The predicted molar refractivity (Wildman–Crippen MR) is 270 cm³/mol. The van der Waals surface area contributed by atoms with E-state index in [0.717, 1.165) is 13.2 Å². The van der Waals surface area contributed by atoms with E-state index in [-0.39, 0.29) is 0 Å². The maximum Gasteiger partial charge on any atom is 0.238 e. The molecule has 0 N–H and O–H groups in total. The summed E-state index contributed by atoms with van der Waals surface area (Å²) in [5.74, 6) is 1.19. The zero-order valence-electron chi connectivity index (χ0n) is 40.0. The molecule has 0 saturated heterocycles. The van der Waals surface area contributed by atoms with E-state index in [1.54, 1.807) is 0 Å². The van der Waals surface area contributed by atoms with Crippen LogP contribution >= 0.6 is 19.0 Å². The summed E-state index contributed by atoms with van der Waals surface area (Å²) in [6.45, 7) is 8.65. The summed E-state index contributed by atoms with van der Waals surface area (Å²) in [6, 6.07) is 0. The summed E-state index contributed by atoms with van der Waals surface area (Å²) in [5, 5.41) is 0. The van der Waals surface area contributed by atoms with Gasteiger partial charge in [0.05, 0.1) is 13.2 Å². The first-order valence-electron chi connectivity index (χ1n) is 26.5. The fourth-order valence-corrected chi connectivity index (χ4v) is 10.6. The van der Waals surface area contributed by atoms with E-state index in [1.165, 1.54) is 275 Å². The quantitative estimate of drug-likeness (QED) is 0.0345. The summed E-state index contributed by atoms with van der Waals surface area (Å²) >= 11 is 1.98. The van der Waals surface area contributed by atoms with Crippen LogP contribution in [0, 0.1) is 0 Å². The molecule has 0 aliphatic carbocycles. The monoisotopic (exact) mass is 849 g/mol. The van der Waals surface area contributed by atoms with Crippen molar-refractivity contribution in [3.05, 3.63) is 36.5 Å². The molecule has 0 rings (SSSR count). The van der Waals surface area contributed by atoms with Crippen molar-refractivity contribution < 1.29 is 9.05 Å². The highest BCUT2D eigenvalue weighted by Gasteiger charge is 2.12. The normalized spacial score (nSPS) is 12.7. The fourth-order valence-electron chi connectivity index (χ4n) is 7.58. The molecule has 0 atom stereocenters. The van der Waals surface area contributed by atoms with Crippen LogP contribution in [0.2, 0.25) is 0 Å². The third kappa shape index (κ3) is 52.1. The van der Waals surface area contributed by atoms with Crippen LogP contribution in [-0.4, -0.2) is 19.0 Å². The minimum Gasteiger partial charge on any atom is -0.326 e. The number of unbranched alkanes of at least 4 members (excludes halogenated alkanes) is 36. The minimum absolute atomic E-state index is 0.798. The molecule has 0 unspecified atom stereocenters. The third-order valence-electron chi connectivity index (χ3n) is 11.6. The van der Waals surface area contributed by atoms with E-state index in [0.29, 0.717) is 0 Å². The van der Waals surface area contributed by atoms with Gasteiger partial charge in [0.15, 0.2) is 0 Å². The van der Waals surface area contributed by atoms with Gasteiger partial charge in [0.2, 0.25) is 7.58 Å². The molecular weight excluding hydrogens is 744 g/mol. The summed E-state index contributed by atoms with van der Waals surface area (Å²) in [7, 11) is -0.798. The molecule has 0 aromatic carbocycles. The first-order valence-corrected chi connectivity index (χ1v) is 29.3. The van der Waals surface area contributed by atoms with Gasteiger partial charge in [0.1, 0.15) is 0 Å². The number of hydrogen-bond donors (Lipinski definition) is 0. The molecule has 0 amide bonds. The Bertz CT molecular complexity index is 708. The van der Waals surface area contributed by atoms with Gasteiger partial charge in [0, 0.05) is 5.75 Å². The first kappa shape index (κ1) is 57.9. The molecule has 0 aromatic rings. The van der Waals surface area contributed by atoms with Crippen molar-refractivity contribution in [2.75, 3.05) is 19.0 Å². The summed E-state index contributed by atoms with van der Waals surface area (Å²) < 4.78 is 12.8. The highest BCUT2D eigenvalue weighted by atomic mass is 32.7. The fraction of sp³-hybridized carbons (Fsp3) is 0.889. The van der Waals surface area contributed by atoms with Crippen molar-refractivity contribution in [2.45, 2.75) is 290 Å². The van der Waals surface area contributed by atoms with Crippen LogP contribution in [0.3, 0.4) is 0 Å². The Morgan fingerprint density at radius 2 is 0.500 bits per heavy atom. The van der Waals surface area contributed by atoms with E-state index in [9.17, 15) is 0 Å². The summed E-state index contributed by atoms with van der Waals surface area (Å²) in [6.07, 6.45) is 71.6. The van der Waals surface area contributed by atoms with Crippen molar-refractivity contribution in [3.63, 3.8) is 0 Å². The lowest BCUT2D eigenvalue weighted by Gasteiger charge is -2.17. The van der Waals surface area contributed by atoms with Gasteiger partial charge in [-0.05, 0) is 96.3 Å². The van der Waals surface area contributed by atoms with E-state index in [1.807, 2.05) is 11.4 Å². The van der Waals surface area contributed by atoms with E-state index in [2.05, 4.69) is 57.2 Å². The van der Waals surface area contributed by atoms with E-state index < -0.39 is 7.58 Å². The van der Waals surface area contributed by atoms with E-state index in [4.69, 9.17) is 9.05 Å². The van der Waals surface area contributed by atoms with Gasteiger partial charge >= 0.3 is 0 Å². The van der Waals surface area contributed by atoms with Gasteiger partial charge in [-0.3, -0.25) is 0 Å². The lowest BCUT2D eigenvalue weighted by atomic mass is 10.1. The molecule has 0 saturated carbocycles. The predicted octanol–water partition coefficient (Wildman–Crippen LogP) is 21.1. The third-order valence-corrected chi connectivity index (χ3v) is 14.8. The second kappa shape index (κ2) is 54.9. The molecule has 0 heterocycles. The Hall–Kier alpha value is -0.0800. The molecule has 0 bridgehead atoms.